The van der Waals surface area contributed by atoms with Gasteiger partial charge in [-0.1, -0.05) is 11.6 Å². The second-order valence-corrected chi connectivity index (χ2v) is 4.02. The molecule has 0 amide bonds. The third kappa shape index (κ3) is 3.34. The van der Waals surface area contributed by atoms with Crippen LogP contribution in [0.4, 0.5) is 0 Å². The maximum absolute atomic E-state index is 10.9. The summed E-state index contributed by atoms with van der Waals surface area (Å²) in [7, 11) is 3.17. The summed E-state index contributed by atoms with van der Waals surface area (Å²) in [6.07, 6.45) is 3.63. The van der Waals surface area contributed by atoms with Crippen molar-refractivity contribution in [2.75, 3.05) is 14.2 Å². The third-order valence-electron chi connectivity index (χ3n) is 2.44. The standard InChI is InChI=1S/C14H18O3/c1-10(2)5-6-12-7-11(9-15)8-13(16-3)14(12)17-4/h5,7-9H,6H2,1-4H3. The molecule has 0 N–H and O–H groups in total. The molecule has 0 unspecified atom stereocenters. The van der Waals surface area contributed by atoms with Crippen LogP contribution in [0.15, 0.2) is 23.8 Å². The minimum absolute atomic E-state index is 0.592. The fourth-order valence-electron chi connectivity index (χ4n) is 1.60. The van der Waals surface area contributed by atoms with Crippen molar-refractivity contribution < 1.29 is 14.3 Å². The zero-order chi connectivity index (χ0) is 12.8. The van der Waals surface area contributed by atoms with Gasteiger partial charge in [0.1, 0.15) is 6.29 Å². The van der Waals surface area contributed by atoms with E-state index in [0.29, 0.717) is 17.1 Å². The highest BCUT2D eigenvalue weighted by Gasteiger charge is 2.11. The highest BCUT2D eigenvalue weighted by atomic mass is 16.5. The van der Waals surface area contributed by atoms with Crippen LogP contribution in [-0.4, -0.2) is 20.5 Å². The Balaban J connectivity index is 3.23. The molecule has 0 saturated carbocycles. The molecular weight excluding hydrogens is 216 g/mol. The van der Waals surface area contributed by atoms with E-state index in [1.54, 1.807) is 20.3 Å². The van der Waals surface area contributed by atoms with Gasteiger partial charge in [0, 0.05) is 11.1 Å². The van der Waals surface area contributed by atoms with Crippen molar-refractivity contribution in [3.8, 4) is 11.5 Å². The molecule has 1 aromatic rings. The topological polar surface area (TPSA) is 35.5 Å². The third-order valence-corrected chi connectivity index (χ3v) is 2.44. The van der Waals surface area contributed by atoms with Gasteiger partial charge in [-0.3, -0.25) is 4.79 Å². The van der Waals surface area contributed by atoms with E-state index < -0.39 is 0 Å². The summed E-state index contributed by atoms with van der Waals surface area (Å²) in [6.45, 7) is 4.07. The maximum atomic E-state index is 10.9. The van der Waals surface area contributed by atoms with Crippen LogP contribution in [0.5, 0.6) is 11.5 Å². The lowest BCUT2D eigenvalue weighted by Crippen LogP contribution is -1.98. The number of ether oxygens (including phenoxy) is 2. The summed E-state index contributed by atoms with van der Waals surface area (Å²) in [5.74, 6) is 1.28. The summed E-state index contributed by atoms with van der Waals surface area (Å²) in [4.78, 5) is 10.9. The molecule has 0 bridgehead atoms. The summed E-state index contributed by atoms with van der Waals surface area (Å²) < 4.78 is 10.6. The Morgan fingerprint density at radius 1 is 1.24 bits per heavy atom. The van der Waals surface area contributed by atoms with Crippen molar-refractivity contribution in [3.05, 3.63) is 34.9 Å². The van der Waals surface area contributed by atoms with E-state index in [9.17, 15) is 4.79 Å². The van der Waals surface area contributed by atoms with Gasteiger partial charge in [-0.2, -0.15) is 0 Å². The summed E-state index contributed by atoms with van der Waals surface area (Å²) in [5, 5.41) is 0. The minimum atomic E-state index is 0.592. The highest BCUT2D eigenvalue weighted by molar-refractivity contribution is 5.77. The predicted octanol–water partition coefficient (Wildman–Crippen LogP) is 3.03. The van der Waals surface area contributed by atoms with Crippen LogP contribution in [0, 0.1) is 0 Å². The molecule has 0 radical (unpaired) electrons. The van der Waals surface area contributed by atoms with Crippen molar-refractivity contribution in [2.45, 2.75) is 20.3 Å². The SMILES string of the molecule is COc1cc(C=O)cc(CC=C(C)C)c1OC. The number of aldehydes is 1. The molecule has 0 aromatic heterocycles. The van der Waals surface area contributed by atoms with E-state index in [4.69, 9.17) is 9.47 Å². The largest absolute Gasteiger partial charge is 0.493 e. The second-order valence-electron chi connectivity index (χ2n) is 4.02. The fraction of sp³-hybridized carbons (Fsp3) is 0.357. The van der Waals surface area contributed by atoms with E-state index >= 15 is 0 Å². The van der Waals surface area contributed by atoms with Gasteiger partial charge in [-0.05, 0) is 32.4 Å². The monoisotopic (exact) mass is 234 g/mol. The number of rotatable bonds is 5. The van der Waals surface area contributed by atoms with Crippen LogP contribution in [0.1, 0.15) is 29.8 Å². The molecule has 0 atom stereocenters. The molecular formula is C14H18O3. The Morgan fingerprint density at radius 2 is 1.94 bits per heavy atom. The quantitative estimate of drug-likeness (QED) is 0.580. The molecule has 0 aliphatic heterocycles. The highest BCUT2D eigenvalue weighted by Crippen LogP contribution is 2.32. The van der Waals surface area contributed by atoms with Crippen LogP contribution in [0.2, 0.25) is 0 Å². The first-order valence-corrected chi connectivity index (χ1v) is 5.45. The first-order chi connectivity index (χ1) is 8.12. The van der Waals surface area contributed by atoms with Gasteiger partial charge in [0.2, 0.25) is 0 Å². The van der Waals surface area contributed by atoms with Gasteiger partial charge in [0.15, 0.2) is 11.5 Å². The number of allylic oxidation sites excluding steroid dienone is 2. The van der Waals surface area contributed by atoms with Gasteiger partial charge in [-0.15, -0.1) is 0 Å². The lowest BCUT2D eigenvalue weighted by Gasteiger charge is -2.12. The van der Waals surface area contributed by atoms with Crippen LogP contribution < -0.4 is 9.47 Å². The molecule has 3 heteroatoms. The van der Waals surface area contributed by atoms with Gasteiger partial charge in [-0.25, -0.2) is 0 Å². The zero-order valence-corrected chi connectivity index (χ0v) is 10.7. The first-order valence-electron chi connectivity index (χ1n) is 5.45. The fourth-order valence-corrected chi connectivity index (χ4v) is 1.60. The molecule has 0 spiro atoms. The van der Waals surface area contributed by atoms with E-state index in [1.807, 2.05) is 19.9 Å². The Kier molecular flexibility index (Phi) is 4.76. The number of carbonyl (C=O) groups is 1. The van der Waals surface area contributed by atoms with Crippen molar-refractivity contribution in [1.29, 1.82) is 0 Å². The van der Waals surface area contributed by atoms with Crippen molar-refractivity contribution >= 4 is 6.29 Å². The number of benzene rings is 1. The maximum Gasteiger partial charge on any atom is 0.164 e. The second kappa shape index (κ2) is 6.09. The van der Waals surface area contributed by atoms with Crippen LogP contribution in [0.3, 0.4) is 0 Å². The Hall–Kier alpha value is -1.77. The summed E-state index contributed by atoms with van der Waals surface area (Å²) in [5.41, 5.74) is 2.78. The zero-order valence-electron chi connectivity index (χ0n) is 10.7. The molecule has 1 rings (SSSR count). The molecule has 92 valence electrons. The van der Waals surface area contributed by atoms with Crippen LogP contribution in [0.25, 0.3) is 0 Å². The van der Waals surface area contributed by atoms with Gasteiger partial charge < -0.3 is 9.47 Å². The van der Waals surface area contributed by atoms with E-state index in [2.05, 4.69) is 6.08 Å². The van der Waals surface area contributed by atoms with Crippen LogP contribution >= 0.6 is 0 Å². The minimum Gasteiger partial charge on any atom is -0.493 e. The molecule has 0 aliphatic rings. The predicted molar refractivity (Wildman–Crippen MR) is 68.1 cm³/mol. The lowest BCUT2D eigenvalue weighted by atomic mass is 10.0. The van der Waals surface area contributed by atoms with E-state index in [-0.39, 0.29) is 0 Å². The van der Waals surface area contributed by atoms with Gasteiger partial charge in [0.05, 0.1) is 14.2 Å². The van der Waals surface area contributed by atoms with E-state index in [0.717, 1.165) is 18.3 Å². The van der Waals surface area contributed by atoms with Gasteiger partial charge in [0.25, 0.3) is 0 Å². The smallest absolute Gasteiger partial charge is 0.164 e. The molecule has 1 aromatic carbocycles. The van der Waals surface area contributed by atoms with Gasteiger partial charge >= 0.3 is 0 Å². The van der Waals surface area contributed by atoms with E-state index in [1.165, 1.54) is 5.57 Å². The number of hydrogen-bond donors (Lipinski definition) is 0. The lowest BCUT2D eigenvalue weighted by molar-refractivity contribution is 0.112. The number of methoxy groups -OCH3 is 2. The van der Waals surface area contributed by atoms with Crippen molar-refractivity contribution in [1.82, 2.24) is 0 Å². The molecule has 0 aliphatic carbocycles. The summed E-state index contributed by atoms with van der Waals surface area (Å²) in [6, 6.07) is 3.51. The summed E-state index contributed by atoms with van der Waals surface area (Å²) >= 11 is 0. The Morgan fingerprint density at radius 3 is 2.41 bits per heavy atom. The van der Waals surface area contributed by atoms with Crippen molar-refractivity contribution in [2.24, 2.45) is 0 Å². The average molecular weight is 234 g/mol. The molecule has 17 heavy (non-hydrogen) atoms. The number of carbonyl (C=O) groups excluding carboxylic acids is 1. The molecule has 0 saturated heterocycles. The number of hydrogen-bond acceptors (Lipinski definition) is 3. The molecule has 3 nitrogen and oxygen atoms in total. The molecule has 0 heterocycles. The van der Waals surface area contributed by atoms with Crippen molar-refractivity contribution in [3.63, 3.8) is 0 Å². The first kappa shape index (κ1) is 13.3. The Labute approximate surface area is 102 Å². The Bertz CT molecular complexity index is 429. The molecule has 0 fully saturated rings. The average Bonchev–Trinajstić information content (AvgIpc) is 2.34. The normalized spacial score (nSPS) is 9.65. The van der Waals surface area contributed by atoms with Crippen LogP contribution in [-0.2, 0) is 6.42 Å².